The van der Waals surface area contributed by atoms with E-state index in [9.17, 15) is 25.2 Å². The van der Waals surface area contributed by atoms with Crippen molar-refractivity contribution >= 4 is 6.29 Å². The van der Waals surface area contributed by atoms with Crippen LogP contribution in [0.5, 0.6) is 0 Å². The average Bonchev–Trinajstić information content (AvgIpc) is 2.21. The maximum Gasteiger partial charge on any atom is 0.201 e. The Morgan fingerprint density at radius 2 is 1.87 bits per heavy atom. The zero-order valence-corrected chi connectivity index (χ0v) is 7.85. The molecule has 88 valence electrons. The second-order valence-electron chi connectivity index (χ2n) is 3.48. The van der Waals surface area contributed by atoms with Crippen LogP contribution in [-0.2, 0) is 9.53 Å². The summed E-state index contributed by atoms with van der Waals surface area (Å²) in [5.41, 5.74) is 0. The summed E-state index contributed by atoms with van der Waals surface area (Å²) < 4.78 is 4.77. The zero-order chi connectivity index (χ0) is 11.6. The molecule has 0 aromatic heterocycles. The standard InChI is InChI=1S/C8H14O7/c9-2-1-8(14)7(13)6(12)5(11)4(3-10)15-8/h2,4-7,10-14H,1,3H2/t4-,5-,6+,7-,8?/m1/s1. The quantitative estimate of drug-likeness (QED) is 0.317. The number of carbonyl (C=O) groups excluding carboxylic acids is 1. The van der Waals surface area contributed by atoms with E-state index >= 15 is 0 Å². The van der Waals surface area contributed by atoms with Gasteiger partial charge in [0.1, 0.15) is 30.7 Å². The van der Waals surface area contributed by atoms with E-state index in [0.29, 0.717) is 6.29 Å². The number of ether oxygens (including phenoxy) is 1. The molecule has 5 N–H and O–H groups in total. The molecule has 1 saturated heterocycles. The monoisotopic (exact) mass is 222 g/mol. The topological polar surface area (TPSA) is 127 Å². The molecule has 0 aliphatic carbocycles. The number of hydrogen-bond donors (Lipinski definition) is 5. The highest BCUT2D eigenvalue weighted by Gasteiger charge is 2.52. The van der Waals surface area contributed by atoms with Crippen LogP contribution in [0.3, 0.4) is 0 Å². The van der Waals surface area contributed by atoms with E-state index in [1.807, 2.05) is 0 Å². The van der Waals surface area contributed by atoms with Gasteiger partial charge in [-0.25, -0.2) is 0 Å². The molecule has 0 bridgehead atoms. The highest BCUT2D eigenvalue weighted by Crippen LogP contribution is 2.29. The molecule has 1 unspecified atom stereocenters. The third kappa shape index (κ3) is 2.17. The summed E-state index contributed by atoms with van der Waals surface area (Å²) in [5.74, 6) is -2.27. The van der Waals surface area contributed by atoms with Crippen molar-refractivity contribution in [1.82, 2.24) is 0 Å². The predicted octanol–water partition coefficient (Wildman–Crippen LogP) is -3.26. The van der Waals surface area contributed by atoms with Crippen LogP contribution in [0.25, 0.3) is 0 Å². The zero-order valence-electron chi connectivity index (χ0n) is 7.85. The van der Waals surface area contributed by atoms with E-state index in [1.165, 1.54) is 0 Å². The number of rotatable bonds is 3. The smallest absolute Gasteiger partial charge is 0.201 e. The van der Waals surface area contributed by atoms with E-state index in [0.717, 1.165) is 0 Å². The summed E-state index contributed by atoms with van der Waals surface area (Å²) >= 11 is 0. The Hall–Kier alpha value is -0.570. The van der Waals surface area contributed by atoms with Crippen molar-refractivity contribution in [3.8, 4) is 0 Å². The molecule has 0 radical (unpaired) electrons. The van der Waals surface area contributed by atoms with Gasteiger partial charge in [0, 0.05) is 0 Å². The average molecular weight is 222 g/mol. The van der Waals surface area contributed by atoms with Gasteiger partial charge in [0.15, 0.2) is 0 Å². The molecule has 1 heterocycles. The van der Waals surface area contributed by atoms with Gasteiger partial charge in [0.25, 0.3) is 0 Å². The van der Waals surface area contributed by atoms with Gasteiger partial charge in [-0.15, -0.1) is 0 Å². The molecule has 0 amide bonds. The summed E-state index contributed by atoms with van der Waals surface area (Å²) in [6, 6.07) is 0. The van der Waals surface area contributed by atoms with Gasteiger partial charge in [-0.1, -0.05) is 0 Å². The maximum atomic E-state index is 10.2. The van der Waals surface area contributed by atoms with E-state index in [-0.39, 0.29) is 0 Å². The molecule has 1 aliphatic heterocycles. The van der Waals surface area contributed by atoms with Crippen LogP contribution in [0.1, 0.15) is 6.42 Å². The molecule has 7 nitrogen and oxygen atoms in total. The van der Waals surface area contributed by atoms with Crippen molar-refractivity contribution in [3.63, 3.8) is 0 Å². The van der Waals surface area contributed by atoms with Crippen LogP contribution in [-0.4, -0.2) is 68.6 Å². The summed E-state index contributed by atoms with van der Waals surface area (Å²) in [7, 11) is 0. The summed E-state index contributed by atoms with van der Waals surface area (Å²) in [6.45, 7) is -0.647. The SMILES string of the molecule is O=CCC1(O)O[C@H](CO)[C@@H](O)[C@H](O)[C@H]1O. The van der Waals surface area contributed by atoms with E-state index in [2.05, 4.69) is 0 Å². The number of aliphatic hydroxyl groups excluding tert-OH is 4. The third-order valence-corrected chi connectivity index (χ3v) is 2.43. The minimum atomic E-state index is -2.27. The Morgan fingerprint density at radius 3 is 2.33 bits per heavy atom. The fourth-order valence-corrected chi connectivity index (χ4v) is 1.51. The van der Waals surface area contributed by atoms with Gasteiger partial charge in [0.05, 0.1) is 13.0 Å². The van der Waals surface area contributed by atoms with Gasteiger partial charge >= 0.3 is 0 Å². The lowest BCUT2D eigenvalue weighted by Gasteiger charge is -2.44. The molecule has 0 aromatic rings. The van der Waals surface area contributed by atoms with Gasteiger partial charge in [-0.05, 0) is 0 Å². The summed E-state index contributed by atoms with van der Waals surface area (Å²) in [6.07, 6.45) is -6.50. The van der Waals surface area contributed by atoms with E-state index in [1.54, 1.807) is 0 Å². The molecule has 5 atom stereocenters. The van der Waals surface area contributed by atoms with Gasteiger partial charge in [-0.2, -0.15) is 0 Å². The van der Waals surface area contributed by atoms with Crippen molar-refractivity contribution in [2.45, 2.75) is 36.6 Å². The van der Waals surface area contributed by atoms with Crippen molar-refractivity contribution < 1.29 is 35.1 Å². The lowest BCUT2D eigenvalue weighted by molar-refractivity contribution is -0.347. The number of hydrogen-bond acceptors (Lipinski definition) is 7. The Bertz CT molecular complexity index is 231. The highest BCUT2D eigenvalue weighted by molar-refractivity contribution is 5.51. The first-order chi connectivity index (χ1) is 6.96. The maximum absolute atomic E-state index is 10.2. The normalized spacial score (nSPS) is 46.5. The molecule has 1 rings (SSSR count). The second kappa shape index (κ2) is 4.52. The first-order valence-corrected chi connectivity index (χ1v) is 4.45. The van der Waals surface area contributed by atoms with Crippen molar-refractivity contribution in [2.24, 2.45) is 0 Å². The molecule has 1 fully saturated rings. The number of aliphatic hydroxyl groups is 5. The number of carbonyl (C=O) groups is 1. The largest absolute Gasteiger partial charge is 0.394 e. The van der Waals surface area contributed by atoms with Crippen LogP contribution in [0.4, 0.5) is 0 Å². The van der Waals surface area contributed by atoms with Crippen LogP contribution in [0, 0.1) is 0 Å². The Morgan fingerprint density at radius 1 is 1.27 bits per heavy atom. The van der Waals surface area contributed by atoms with Crippen LogP contribution < -0.4 is 0 Å². The fraction of sp³-hybridized carbons (Fsp3) is 0.875. The van der Waals surface area contributed by atoms with Crippen LogP contribution in [0.15, 0.2) is 0 Å². The highest BCUT2D eigenvalue weighted by atomic mass is 16.7. The van der Waals surface area contributed by atoms with Crippen molar-refractivity contribution in [2.75, 3.05) is 6.61 Å². The molecule has 15 heavy (non-hydrogen) atoms. The van der Waals surface area contributed by atoms with Crippen molar-refractivity contribution in [1.29, 1.82) is 0 Å². The molecule has 7 heteroatoms. The lowest BCUT2D eigenvalue weighted by atomic mass is 9.91. The predicted molar refractivity (Wildman–Crippen MR) is 45.6 cm³/mol. The molecular weight excluding hydrogens is 208 g/mol. The Balaban J connectivity index is 2.86. The first-order valence-electron chi connectivity index (χ1n) is 4.45. The third-order valence-electron chi connectivity index (χ3n) is 2.43. The molecular formula is C8H14O7. The van der Waals surface area contributed by atoms with Crippen LogP contribution >= 0.6 is 0 Å². The van der Waals surface area contributed by atoms with Crippen LogP contribution in [0.2, 0.25) is 0 Å². The minimum absolute atomic E-state index is 0.308. The Labute approximate surface area is 85.5 Å². The molecule has 1 aliphatic rings. The summed E-state index contributed by atoms with van der Waals surface area (Å²) in [5, 5.41) is 46.5. The fourth-order valence-electron chi connectivity index (χ4n) is 1.51. The lowest BCUT2D eigenvalue weighted by Crippen LogP contribution is -2.65. The first kappa shape index (κ1) is 12.5. The minimum Gasteiger partial charge on any atom is -0.394 e. The van der Waals surface area contributed by atoms with E-state index < -0.39 is 43.2 Å². The van der Waals surface area contributed by atoms with Gasteiger partial charge in [-0.3, -0.25) is 0 Å². The van der Waals surface area contributed by atoms with Gasteiger partial charge in [0.2, 0.25) is 5.79 Å². The molecule has 0 spiro atoms. The second-order valence-corrected chi connectivity index (χ2v) is 3.48. The molecule has 0 saturated carbocycles. The molecule has 0 aromatic carbocycles. The Kier molecular flexibility index (Phi) is 3.77. The van der Waals surface area contributed by atoms with Gasteiger partial charge < -0.3 is 35.1 Å². The summed E-state index contributed by atoms with van der Waals surface area (Å²) in [4.78, 5) is 10.2. The van der Waals surface area contributed by atoms with Crippen molar-refractivity contribution in [3.05, 3.63) is 0 Å². The number of aldehydes is 1. The van der Waals surface area contributed by atoms with E-state index in [4.69, 9.17) is 9.84 Å².